The Bertz CT molecular complexity index is 439. The third-order valence-corrected chi connectivity index (χ3v) is 3.70. The lowest BCUT2D eigenvalue weighted by Crippen LogP contribution is -2.48. The van der Waals surface area contributed by atoms with Gasteiger partial charge in [-0.1, -0.05) is 6.92 Å². The van der Waals surface area contributed by atoms with Crippen molar-refractivity contribution in [3.63, 3.8) is 0 Å². The number of pyridine rings is 1. The number of carbonyl (C=O) groups is 1. The number of anilines is 1. The van der Waals surface area contributed by atoms with Crippen LogP contribution in [0.25, 0.3) is 0 Å². The van der Waals surface area contributed by atoms with Crippen molar-refractivity contribution in [1.82, 2.24) is 9.88 Å². The van der Waals surface area contributed by atoms with Gasteiger partial charge in [-0.15, -0.1) is 0 Å². The molecule has 1 aromatic heterocycles. The van der Waals surface area contributed by atoms with E-state index in [4.69, 9.17) is 11.5 Å². The molecule has 0 saturated carbocycles. The molecule has 0 spiro atoms. The molecular formula is C14H23N5O. The maximum absolute atomic E-state index is 11.0. The van der Waals surface area contributed by atoms with Gasteiger partial charge in [-0.3, -0.25) is 9.69 Å². The fraction of sp³-hybridized carbons (Fsp3) is 0.571. The maximum Gasteiger partial charge on any atom is 0.250 e. The van der Waals surface area contributed by atoms with E-state index in [0.29, 0.717) is 11.5 Å². The summed E-state index contributed by atoms with van der Waals surface area (Å²) < 4.78 is 0. The summed E-state index contributed by atoms with van der Waals surface area (Å²) in [4.78, 5) is 20.0. The molecule has 1 fully saturated rings. The summed E-state index contributed by atoms with van der Waals surface area (Å²) in [6, 6.07) is 3.59. The molecule has 1 aromatic rings. The molecule has 6 nitrogen and oxygen atoms in total. The molecule has 1 atom stereocenters. The highest BCUT2D eigenvalue weighted by molar-refractivity contribution is 5.92. The van der Waals surface area contributed by atoms with Crippen LogP contribution in [-0.4, -0.2) is 55.1 Å². The molecule has 1 amide bonds. The number of rotatable bonds is 5. The van der Waals surface area contributed by atoms with Gasteiger partial charge < -0.3 is 16.4 Å². The van der Waals surface area contributed by atoms with Crippen LogP contribution in [0, 0.1) is 5.92 Å². The molecule has 6 heteroatoms. The maximum atomic E-state index is 11.0. The molecule has 0 bridgehead atoms. The summed E-state index contributed by atoms with van der Waals surface area (Å²) in [6.07, 6.45) is 1.54. The van der Waals surface area contributed by atoms with E-state index in [2.05, 4.69) is 21.7 Å². The van der Waals surface area contributed by atoms with Crippen LogP contribution in [0.5, 0.6) is 0 Å². The summed E-state index contributed by atoms with van der Waals surface area (Å²) in [5.74, 6) is 1.00. The van der Waals surface area contributed by atoms with Gasteiger partial charge in [0.2, 0.25) is 5.91 Å². The lowest BCUT2D eigenvalue weighted by Gasteiger charge is -2.36. The molecule has 2 rings (SSSR count). The summed E-state index contributed by atoms with van der Waals surface area (Å²) >= 11 is 0. The van der Waals surface area contributed by atoms with E-state index in [0.717, 1.165) is 45.1 Å². The quantitative estimate of drug-likeness (QED) is 0.784. The van der Waals surface area contributed by atoms with E-state index in [1.807, 2.05) is 6.07 Å². The van der Waals surface area contributed by atoms with E-state index in [-0.39, 0.29) is 0 Å². The van der Waals surface area contributed by atoms with E-state index in [9.17, 15) is 4.79 Å². The molecule has 1 saturated heterocycles. The number of primary amides is 1. The van der Waals surface area contributed by atoms with E-state index in [1.54, 1.807) is 12.3 Å². The highest BCUT2D eigenvalue weighted by Crippen LogP contribution is 2.14. The number of amides is 1. The first-order valence-electron chi connectivity index (χ1n) is 7.03. The Kier molecular flexibility index (Phi) is 4.92. The standard InChI is InChI=1S/C14H23N5O/c1-11(8-15)10-18-4-6-19(7-5-18)13-3-2-12(9-17-13)14(16)20/h2-3,9,11H,4-8,10,15H2,1H3,(H2,16,20). The van der Waals surface area contributed by atoms with Crippen LogP contribution in [-0.2, 0) is 0 Å². The molecular weight excluding hydrogens is 254 g/mol. The second-order valence-corrected chi connectivity index (χ2v) is 5.40. The van der Waals surface area contributed by atoms with Crippen LogP contribution in [0.1, 0.15) is 17.3 Å². The van der Waals surface area contributed by atoms with Gasteiger partial charge in [-0.05, 0) is 24.6 Å². The zero-order valence-corrected chi connectivity index (χ0v) is 12.0. The summed E-state index contributed by atoms with van der Waals surface area (Å²) in [5, 5.41) is 0. The molecule has 4 N–H and O–H groups in total. The van der Waals surface area contributed by atoms with Gasteiger partial charge >= 0.3 is 0 Å². The molecule has 0 radical (unpaired) electrons. The highest BCUT2D eigenvalue weighted by atomic mass is 16.1. The highest BCUT2D eigenvalue weighted by Gasteiger charge is 2.19. The Morgan fingerprint density at radius 3 is 2.55 bits per heavy atom. The average Bonchev–Trinajstić information content (AvgIpc) is 2.48. The van der Waals surface area contributed by atoms with E-state index >= 15 is 0 Å². The second-order valence-electron chi connectivity index (χ2n) is 5.40. The zero-order valence-electron chi connectivity index (χ0n) is 12.0. The van der Waals surface area contributed by atoms with Crippen molar-refractivity contribution in [3.05, 3.63) is 23.9 Å². The van der Waals surface area contributed by atoms with E-state index < -0.39 is 5.91 Å². The van der Waals surface area contributed by atoms with E-state index in [1.165, 1.54) is 0 Å². The number of carbonyl (C=O) groups excluding carboxylic acids is 1. The van der Waals surface area contributed by atoms with Gasteiger partial charge in [0.05, 0.1) is 5.56 Å². The molecule has 0 aliphatic carbocycles. The summed E-state index contributed by atoms with van der Waals surface area (Å²) in [7, 11) is 0. The predicted molar refractivity (Wildman–Crippen MR) is 79.6 cm³/mol. The Hall–Kier alpha value is -1.66. The van der Waals surface area contributed by atoms with Crippen LogP contribution in [0.2, 0.25) is 0 Å². The van der Waals surface area contributed by atoms with Crippen molar-refractivity contribution in [2.75, 3.05) is 44.2 Å². The third-order valence-electron chi connectivity index (χ3n) is 3.70. The Morgan fingerprint density at radius 1 is 1.35 bits per heavy atom. The van der Waals surface area contributed by atoms with Crippen LogP contribution < -0.4 is 16.4 Å². The first kappa shape index (κ1) is 14.7. The summed E-state index contributed by atoms with van der Waals surface area (Å²) in [5.41, 5.74) is 11.3. The largest absolute Gasteiger partial charge is 0.366 e. The monoisotopic (exact) mass is 277 g/mol. The number of nitrogens with zero attached hydrogens (tertiary/aromatic N) is 3. The van der Waals surface area contributed by atoms with Crippen molar-refractivity contribution < 1.29 is 4.79 Å². The lowest BCUT2D eigenvalue weighted by atomic mass is 10.1. The summed E-state index contributed by atoms with van der Waals surface area (Å²) in [6.45, 7) is 7.89. The van der Waals surface area contributed by atoms with Gasteiger partial charge in [0.15, 0.2) is 0 Å². The van der Waals surface area contributed by atoms with Crippen LogP contribution in [0.4, 0.5) is 5.82 Å². The Labute approximate surface area is 119 Å². The van der Waals surface area contributed by atoms with Crippen molar-refractivity contribution >= 4 is 11.7 Å². The number of hydrogen-bond donors (Lipinski definition) is 2. The number of aromatic nitrogens is 1. The number of hydrogen-bond acceptors (Lipinski definition) is 5. The van der Waals surface area contributed by atoms with Gasteiger partial charge in [-0.25, -0.2) is 4.98 Å². The zero-order chi connectivity index (χ0) is 14.5. The fourth-order valence-corrected chi connectivity index (χ4v) is 2.39. The topological polar surface area (TPSA) is 88.5 Å². The molecule has 20 heavy (non-hydrogen) atoms. The second kappa shape index (κ2) is 6.67. The SMILES string of the molecule is CC(CN)CN1CCN(c2ccc(C(N)=O)cn2)CC1. The van der Waals surface area contributed by atoms with Crippen molar-refractivity contribution in [1.29, 1.82) is 0 Å². The number of nitrogens with two attached hydrogens (primary N) is 2. The van der Waals surface area contributed by atoms with Crippen molar-refractivity contribution in [3.8, 4) is 0 Å². The van der Waals surface area contributed by atoms with Gasteiger partial charge in [0.1, 0.15) is 5.82 Å². The molecule has 1 aliphatic rings. The minimum Gasteiger partial charge on any atom is -0.366 e. The van der Waals surface area contributed by atoms with Crippen LogP contribution in [0.15, 0.2) is 18.3 Å². The van der Waals surface area contributed by atoms with Gasteiger partial charge in [0, 0.05) is 38.9 Å². The fourth-order valence-electron chi connectivity index (χ4n) is 2.39. The Balaban J connectivity index is 1.88. The minimum atomic E-state index is -0.440. The molecule has 1 unspecified atom stereocenters. The predicted octanol–water partition coefficient (Wildman–Crippen LogP) is -0.103. The van der Waals surface area contributed by atoms with Gasteiger partial charge in [0.25, 0.3) is 0 Å². The number of piperazine rings is 1. The normalized spacial score (nSPS) is 18.0. The van der Waals surface area contributed by atoms with Gasteiger partial charge in [-0.2, -0.15) is 0 Å². The molecule has 1 aliphatic heterocycles. The lowest BCUT2D eigenvalue weighted by molar-refractivity contribution is 0.1000. The minimum absolute atomic E-state index is 0.440. The van der Waals surface area contributed by atoms with Crippen molar-refractivity contribution in [2.45, 2.75) is 6.92 Å². The smallest absolute Gasteiger partial charge is 0.250 e. The van der Waals surface area contributed by atoms with Crippen LogP contribution >= 0.6 is 0 Å². The average molecular weight is 277 g/mol. The molecule has 110 valence electrons. The molecule has 2 heterocycles. The first-order valence-corrected chi connectivity index (χ1v) is 7.03. The molecule has 0 aromatic carbocycles. The first-order chi connectivity index (χ1) is 9.60. The van der Waals surface area contributed by atoms with Crippen LogP contribution in [0.3, 0.4) is 0 Å². The van der Waals surface area contributed by atoms with Crippen molar-refractivity contribution in [2.24, 2.45) is 17.4 Å². The Morgan fingerprint density at radius 2 is 2.05 bits per heavy atom. The third kappa shape index (κ3) is 3.68.